The number of rotatable bonds is 4. The van der Waals surface area contributed by atoms with Crippen LogP contribution in [-0.4, -0.2) is 30.9 Å². The van der Waals surface area contributed by atoms with Gasteiger partial charge in [0.1, 0.15) is 6.10 Å². The summed E-state index contributed by atoms with van der Waals surface area (Å²) in [4.78, 5) is 11.5. The van der Waals surface area contributed by atoms with Crippen LogP contribution in [0.4, 0.5) is 0 Å². The van der Waals surface area contributed by atoms with Gasteiger partial charge < -0.3 is 14.6 Å². The van der Waals surface area contributed by atoms with E-state index >= 15 is 0 Å². The van der Waals surface area contributed by atoms with Gasteiger partial charge >= 0.3 is 5.97 Å². The number of cyclic esters (lactones) is 1. The molecule has 1 heterocycles. The second kappa shape index (κ2) is 8.51. The first-order valence-corrected chi connectivity index (χ1v) is 6.60. The number of benzene rings is 1. The number of aliphatic hydroxyl groups excluding tert-OH is 1. The minimum Gasteiger partial charge on any atom is -0.456 e. The Labute approximate surface area is 120 Å². The molecule has 1 aliphatic heterocycles. The fourth-order valence-corrected chi connectivity index (χ4v) is 1.96. The molecule has 1 aromatic carbocycles. The molecule has 0 bridgehead atoms. The largest absolute Gasteiger partial charge is 0.456 e. The first kappa shape index (κ1) is 16.4. The van der Waals surface area contributed by atoms with Crippen molar-refractivity contribution in [3.8, 4) is 0 Å². The van der Waals surface area contributed by atoms with Gasteiger partial charge in [0.25, 0.3) is 0 Å². The van der Waals surface area contributed by atoms with Gasteiger partial charge in [0, 0.05) is 19.1 Å². The molecule has 0 saturated carbocycles. The molecule has 110 valence electrons. The third kappa shape index (κ3) is 4.79. The fraction of sp³-hybridized carbons (Fsp3) is 0.438. The number of ether oxygens (including phenoxy) is 2. The quantitative estimate of drug-likeness (QED) is 0.679. The lowest BCUT2D eigenvalue weighted by Gasteiger charge is -2.09. The number of allylic oxidation sites excluding steroid dienone is 1. The topological polar surface area (TPSA) is 55.8 Å². The molecule has 1 unspecified atom stereocenters. The number of hydrogen-bond donors (Lipinski definition) is 1. The van der Waals surface area contributed by atoms with Crippen molar-refractivity contribution < 1.29 is 19.4 Å². The Hall–Kier alpha value is -1.65. The van der Waals surface area contributed by atoms with Gasteiger partial charge in [0.15, 0.2) is 0 Å². The normalized spacial score (nSPS) is 17.3. The molecule has 4 heteroatoms. The van der Waals surface area contributed by atoms with Crippen molar-refractivity contribution in [2.24, 2.45) is 0 Å². The van der Waals surface area contributed by atoms with Crippen LogP contribution >= 0.6 is 0 Å². The van der Waals surface area contributed by atoms with Crippen molar-refractivity contribution >= 4 is 5.97 Å². The van der Waals surface area contributed by atoms with E-state index in [1.807, 2.05) is 44.2 Å². The van der Waals surface area contributed by atoms with E-state index in [9.17, 15) is 4.79 Å². The maximum absolute atomic E-state index is 11.5. The van der Waals surface area contributed by atoms with E-state index in [4.69, 9.17) is 14.6 Å². The molecule has 0 amide bonds. The summed E-state index contributed by atoms with van der Waals surface area (Å²) in [5.41, 5.74) is 2.96. The number of aliphatic hydroxyl groups is 1. The summed E-state index contributed by atoms with van der Waals surface area (Å²) in [6, 6.07) is 9.97. The maximum Gasteiger partial charge on any atom is 0.334 e. The van der Waals surface area contributed by atoms with Crippen LogP contribution in [0.1, 0.15) is 25.8 Å². The lowest BCUT2D eigenvalue weighted by Crippen LogP contribution is -2.14. The molecule has 0 radical (unpaired) electrons. The van der Waals surface area contributed by atoms with E-state index in [0.717, 1.165) is 23.8 Å². The Morgan fingerprint density at radius 2 is 1.95 bits per heavy atom. The average Bonchev–Trinajstić information content (AvgIpc) is 2.83. The van der Waals surface area contributed by atoms with Gasteiger partial charge in [-0.05, 0) is 19.4 Å². The summed E-state index contributed by atoms with van der Waals surface area (Å²) in [6.45, 7) is 4.88. The zero-order valence-electron chi connectivity index (χ0n) is 12.3. The molecular weight excluding hydrogens is 256 g/mol. The Morgan fingerprint density at radius 1 is 1.30 bits per heavy atom. The Balaban J connectivity index is 0.000000956. The minimum atomic E-state index is -0.191. The van der Waals surface area contributed by atoms with E-state index in [1.54, 1.807) is 0 Å². The minimum absolute atomic E-state index is 0.133. The summed E-state index contributed by atoms with van der Waals surface area (Å²) in [6.07, 6.45) is 0.529. The van der Waals surface area contributed by atoms with E-state index in [-0.39, 0.29) is 12.1 Å². The molecule has 1 fully saturated rings. The summed E-state index contributed by atoms with van der Waals surface area (Å²) in [7, 11) is 1.00. The van der Waals surface area contributed by atoms with Crippen LogP contribution in [0, 0.1) is 0 Å². The number of hydrogen-bond acceptors (Lipinski definition) is 4. The van der Waals surface area contributed by atoms with Crippen molar-refractivity contribution in [3.63, 3.8) is 0 Å². The van der Waals surface area contributed by atoms with Crippen molar-refractivity contribution in [2.45, 2.75) is 33.0 Å². The Bertz CT molecular complexity index is 447. The van der Waals surface area contributed by atoms with Gasteiger partial charge in [-0.2, -0.15) is 0 Å². The van der Waals surface area contributed by atoms with Gasteiger partial charge in [0.2, 0.25) is 0 Å². The zero-order chi connectivity index (χ0) is 15.0. The number of carbonyl (C=O) groups excluding carboxylic acids is 1. The summed E-state index contributed by atoms with van der Waals surface area (Å²) in [5, 5.41) is 7.00. The van der Waals surface area contributed by atoms with Gasteiger partial charge in [-0.3, -0.25) is 0 Å². The van der Waals surface area contributed by atoms with E-state index in [1.165, 1.54) is 0 Å². The SMILES string of the molecule is CC(C)=C1CC(COCc2ccccc2)OC1=O.CO. The van der Waals surface area contributed by atoms with Gasteiger partial charge in [0.05, 0.1) is 13.2 Å². The third-order valence-electron chi connectivity index (χ3n) is 2.97. The highest BCUT2D eigenvalue weighted by Gasteiger charge is 2.29. The predicted octanol–water partition coefficient (Wildman–Crippen LogP) is 2.46. The molecule has 2 rings (SSSR count). The second-order valence-electron chi connectivity index (χ2n) is 4.71. The molecule has 4 nitrogen and oxygen atoms in total. The molecule has 0 aromatic heterocycles. The predicted molar refractivity (Wildman–Crippen MR) is 77.1 cm³/mol. The molecule has 1 aromatic rings. The Morgan fingerprint density at radius 3 is 2.50 bits per heavy atom. The lowest BCUT2D eigenvalue weighted by molar-refractivity contribution is -0.141. The monoisotopic (exact) mass is 278 g/mol. The van der Waals surface area contributed by atoms with Crippen LogP contribution in [0.15, 0.2) is 41.5 Å². The van der Waals surface area contributed by atoms with Crippen LogP contribution in [0.3, 0.4) is 0 Å². The highest BCUT2D eigenvalue weighted by molar-refractivity contribution is 5.91. The van der Waals surface area contributed by atoms with Crippen molar-refractivity contribution in [1.29, 1.82) is 0 Å². The number of carbonyl (C=O) groups is 1. The van der Waals surface area contributed by atoms with E-state index in [2.05, 4.69) is 0 Å². The third-order valence-corrected chi connectivity index (χ3v) is 2.97. The molecule has 0 spiro atoms. The van der Waals surface area contributed by atoms with Crippen LogP contribution < -0.4 is 0 Å². The standard InChI is InChI=1S/C15H18O3.CH4O/c1-11(2)14-8-13(18-15(14)16)10-17-9-12-6-4-3-5-7-12;1-2/h3-7,13H,8-10H2,1-2H3;2H,1H3. The van der Waals surface area contributed by atoms with Crippen LogP contribution in [-0.2, 0) is 20.9 Å². The molecule has 1 aliphatic rings. The van der Waals surface area contributed by atoms with Gasteiger partial charge in [-0.25, -0.2) is 4.79 Å². The van der Waals surface area contributed by atoms with Gasteiger partial charge in [-0.15, -0.1) is 0 Å². The van der Waals surface area contributed by atoms with Crippen LogP contribution in [0.2, 0.25) is 0 Å². The summed E-state index contributed by atoms with van der Waals surface area (Å²) in [5.74, 6) is -0.191. The fourth-order valence-electron chi connectivity index (χ4n) is 1.96. The lowest BCUT2D eigenvalue weighted by atomic mass is 10.1. The smallest absolute Gasteiger partial charge is 0.334 e. The van der Waals surface area contributed by atoms with Crippen molar-refractivity contribution in [3.05, 3.63) is 47.0 Å². The average molecular weight is 278 g/mol. The maximum atomic E-state index is 11.5. The van der Waals surface area contributed by atoms with Crippen LogP contribution in [0.5, 0.6) is 0 Å². The van der Waals surface area contributed by atoms with Gasteiger partial charge in [-0.1, -0.05) is 35.9 Å². The Kier molecular flexibility index (Phi) is 6.98. The molecule has 0 aliphatic carbocycles. The van der Waals surface area contributed by atoms with E-state index < -0.39 is 0 Å². The highest BCUT2D eigenvalue weighted by Crippen LogP contribution is 2.23. The first-order valence-electron chi connectivity index (χ1n) is 6.60. The molecule has 1 saturated heterocycles. The second-order valence-corrected chi connectivity index (χ2v) is 4.71. The van der Waals surface area contributed by atoms with Crippen molar-refractivity contribution in [2.75, 3.05) is 13.7 Å². The molecule has 1 atom stereocenters. The highest BCUT2D eigenvalue weighted by atomic mass is 16.6. The van der Waals surface area contributed by atoms with Crippen molar-refractivity contribution in [1.82, 2.24) is 0 Å². The molecule has 1 N–H and O–H groups in total. The zero-order valence-corrected chi connectivity index (χ0v) is 12.3. The summed E-state index contributed by atoms with van der Waals surface area (Å²) >= 11 is 0. The van der Waals surface area contributed by atoms with Crippen LogP contribution in [0.25, 0.3) is 0 Å². The molecule has 20 heavy (non-hydrogen) atoms. The summed E-state index contributed by atoms with van der Waals surface area (Å²) < 4.78 is 10.8. The number of esters is 1. The molecular formula is C16H22O4. The van der Waals surface area contributed by atoms with E-state index in [0.29, 0.717) is 19.6 Å². The first-order chi connectivity index (χ1) is 9.66.